The van der Waals surface area contributed by atoms with Crippen molar-refractivity contribution in [2.45, 2.75) is 64.8 Å². The number of primary amides is 1. The summed E-state index contributed by atoms with van der Waals surface area (Å²) in [7, 11) is 0. The lowest BCUT2D eigenvalue weighted by molar-refractivity contribution is -0.123. The lowest BCUT2D eigenvalue weighted by Crippen LogP contribution is -2.46. The molecule has 0 aromatic heterocycles. The normalized spacial score (nSPS) is 32.8. The summed E-state index contributed by atoms with van der Waals surface area (Å²) in [5.74, 6) is 2.50. The van der Waals surface area contributed by atoms with Gasteiger partial charge in [0.05, 0.1) is 0 Å². The minimum atomic E-state index is -0.175. The van der Waals surface area contributed by atoms with Crippen LogP contribution in [0, 0.1) is 29.1 Å². The van der Waals surface area contributed by atoms with Crippen LogP contribution in [0.5, 0.6) is 0 Å². The van der Waals surface area contributed by atoms with E-state index in [2.05, 4.69) is 29.3 Å². The molecule has 1 aliphatic heterocycles. The minimum Gasteiger partial charge on any atom is -0.369 e. The summed E-state index contributed by atoms with van der Waals surface area (Å²) in [4.78, 5) is 26.6. The fourth-order valence-electron chi connectivity index (χ4n) is 7.50. The van der Waals surface area contributed by atoms with E-state index in [1.165, 1.54) is 49.7 Å². The van der Waals surface area contributed by atoms with Gasteiger partial charge in [-0.05, 0) is 112 Å². The SMILES string of the molecule is C/C(=C\C(=O)Nc1cccc(CN2CCC(C(N)=O)CC2)c1)C12CC3CC(CC(C3)C1)C2. The van der Waals surface area contributed by atoms with Crippen molar-refractivity contribution in [3.8, 4) is 0 Å². The molecule has 4 saturated carbocycles. The van der Waals surface area contributed by atoms with Crippen molar-refractivity contribution in [3.63, 3.8) is 0 Å². The van der Waals surface area contributed by atoms with Crippen LogP contribution < -0.4 is 11.1 Å². The molecular formula is C27H37N3O2. The van der Waals surface area contributed by atoms with E-state index in [-0.39, 0.29) is 23.1 Å². The van der Waals surface area contributed by atoms with E-state index in [9.17, 15) is 9.59 Å². The largest absolute Gasteiger partial charge is 0.369 e. The molecule has 4 bridgehead atoms. The van der Waals surface area contributed by atoms with Gasteiger partial charge in [0.2, 0.25) is 11.8 Å². The van der Waals surface area contributed by atoms with Crippen LogP contribution in [0.4, 0.5) is 5.69 Å². The third kappa shape index (κ3) is 4.50. The van der Waals surface area contributed by atoms with Crippen molar-refractivity contribution >= 4 is 17.5 Å². The molecule has 5 nitrogen and oxygen atoms in total. The monoisotopic (exact) mass is 435 g/mol. The van der Waals surface area contributed by atoms with Crippen LogP contribution in [0.2, 0.25) is 0 Å². The molecule has 4 aliphatic carbocycles. The Morgan fingerprint density at radius 3 is 2.31 bits per heavy atom. The molecular weight excluding hydrogens is 398 g/mol. The fourth-order valence-corrected chi connectivity index (χ4v) is 7.50. The van der Waals surface area contributed by atoms with Crippen LogP contribution in [0.25, 0.3) is 0 Å². The number of hydrogen-bond acceptors (Lipinski definition) is 3. The first kappa shape index (κ1) is 21.7. The molecule has 0 spiro atoms. The zero-order valence-electron chi connectivity index (χ0n) is 19.3. The molecule has 5 fully saturated rings. The third-order valence-electron chi connectivity index (χ3n) is 8.81. The number of piperidine rings is 1. The second kappa shape index (κ2) is 8.66. The van der Waals surface area contributed by atoms with Gasteiger partial charge in [0.15, 0.2) is 0 Å². The van der Waals surface area contributed by atoms with Gasteiger partial charge >= 0.3 is 0 Å². The number of nitrogens with two attached hydrogens (primary N) is 1. The number of anilines is 1. The molecule has 6 rings (SSSR count). The van der Waals surface area contributed by atoms with Crippen LogP contribution in [-0.2, 0) is 16.1 Å². The molecule has 0 unspecified atom stereocenters. The molecule has 0 radical (unpaired) electrons. The predicted molar refractivity (Wildman–Crippen MR) is 127 cm³/mol. The van der Waals surface area contributed by atoms with Crippen molar-refractivity contribution in [1.82, 2.24) is 4.90 Å². The Labute approximate surface area is 191 Å². The topological polar surface area (TPSA) is 75.4 Å². The van der Waals surface area contributed by atoms with E-state index in [4.69, 9.17) is 5.73 Å². The van der Waals surface area contributed by atoms with Crippen LogP contribution in [0.3, 0.4) is 0 Å². The van der Waals surface area contributed by atoms with Gasteiger partial charge in [-0.15, -0.1) is 0 Å². The van der Waals surface area contributed by atoms with Crippen molar-refractivity contribution in [2.24, 2.45) is 34.8 Å². The van der Waals surface area contributed by atoms with Crippen LogP contribution in [0.15, 0.2) is 35.9 Å². The number of benzene rings is 1. The van der Waals surface area contributed by atoms with Gasteiger partial charge < -0.3 is 11.1 Å². The van der Waals surface area contributed by atoms with Gasteiger partial charge in [-0.2, -0.15) is 0 Å². The Morgan fingerprint density at radius 2 is 1.72 bits per heavy atom. The number of nitrogens with zero attached hydrogens (tertiary/aromatic N) is 1. The second-order valence-electron chi connectivity index (χ2n) is 11.2. The summed E-state index contributed by atoms with van der Waals surface area (Å²) in [6, 6.07) is 8.16. The first-order chi connectivity index (χ1) is 15.4. The van der Waals surface area contributed by atoms with Crippen molar-refractivity contribution in [2.75, 3.05) is 18.4 Å². The van der Waals surface area contributed by atoms with Crippen LogP contribution >= 0.6 is 0 Å². The maximum Gasteiger partial charge on any atom is 0.248 e. The van der Waals surface area contributed by atoms with Crippen molar-refractivity contribution in [1.29, 1.82) is 0 Å². The molecule has 1 saturated heterocycles. The quantitative estimate of drug-likeness (QED) is 0.647. The van der Waals surface area contributed by atoms with Crippen LogP contribution in [-0.4, -0.2) is 29.8 Å². The molecule has 1 aromatic carbocycles. The summed E-state index contributed by atoms with van der Waals surface area (Å²) < 4.78 is 0. The van der Waals surface area contributed by atoms with Gasteiger partial charge in [0.25, 0.3) is 0 Å². The average Bonchev–Trinajstić information content (AvgIpc) is 2.73. The summed E-state index contributed by atoms with van der Waals surface area (Å²) in [5, 5.41) is 3.11. The maximum absolute atomic E-state index is 12.9. The van der Waals surface area contributed by atoms with Gasteiger partial charge in [-0.3, -0.25) is 14.5 Å². The Bertz CT molecular complexity index is 878. The molecule has 32 heavy (non-hydrogen) atoms. The number of likely N-dealkylation sites (tertiary alicyclic amines) is 1. The zero-order chi connectivity index (χ0) is 22.3. The number of allylic oxidation sites excluding steroid dienone is 1. The van der Waals surface area contributed by atoms with E-state index < -0.39 is 0 Å². The highest BCUT2D eigenvalue weighted by Gasteiger charge is 2.51. The standard InChI is InChI=1S/C27H37N3O2/c1-18(27-14-20-10-21(15-27)12-22(11-20)16-27)9-25(31)29-24-4-2-3-19(13-24)17-30-7-5-23(6-8-30)26(28)32/h2-4,9,13,20-23H,5-8,10-12,14-17H2,1H3,(H2,28,32)(H,29,31)/b18-9+. The Morgan fingerprint density at radius 1 is 1.09 bits per heavy atom. The Hall–Kier alpha value is -2.14. The van der Waals surface area contributed by atoms with Crippen LogP contribution in [0.1, 0.15) is 63.9 Å². The van der Waals surface area contributed by atoms with Crippen molar-refractivity contribution in [3.05, 3.63) is 41.5 Å². The number of hydrogen-bond donors (Lipinski definition) is 2. The molecule has 5 heteroatoms. The lowest BCUT2D eigenvalue weighted by atomic mass is 9.48. The Kier molecular flexibility index (Phi) is 5.87. The highest BCUT2D eigenvalue weighted by molar-refractivity contribution is 5.99. The lowest BCUT2D eigenvalue weighted by Gasteiger charge is -2.57. The van der Waals surface area contributed by atoms with E-state index in [1.807, 2.05) is 18.2 Å². The van der Waals surface area contributed by atoms with Gasteiger partial charge in [-0.1, -0.05) is 17.7 Å². The molecule has 5 aliphatic rings. The molecule has 1 heterocycles. The minimum absolute atomic E-state index is 0.00216. The number of amides is 2. The van der Waals surface area contributed by atoms with E-state index in [0.29, 0.717) is 0 Å². The highest BCUT2D eigenvalue weighted by Crippen LogP contribution is 2.62. The average molecular weight is 436 g/mol. The van der Waals surface area contributed by atoms with E-state index in [1.54, 1.807) is 0 Å². The molecule has 0 atom stereocenters. The number of carbonyl (C=O) groups excluding carboxylic acids is 2. The second-order valence-corrected chi connectivity index (χ2v) is 11.2. The first-order valence-electron chi connectivity index (χ1n) is 12.5. The Balaban J connectivity index is 1.19. The molecule has 3 N–H and O–H groups in total. The number of carbonyl (C=O) groups is 2. The fraction of sp³-hybridized carbons (Fsp3) is 0.630. The van der Waals surface area contributed by atoms with Gasteiger partial charge in [0, 0.05) is 24.2 Å². The number of nitrogens with one attached hydrogen (secondary N) is 1. The summed E-state index contributed by atoms with van der Waals surface area (Å²) in [5.41, 5.74) is 9.06. The maximum atomic E-state index is 12.9. The third-order valence-corrected chi connectivity index (χ3v) is 8.81. The highest BCUT2D eigenvalue weighted by atomic mass is 16.1. The summed E-state index contributed by atoms with van der Waals surface area (Å²) in [6.07, 6.45) is 11.7. The summed E-state index contributed by atoms with van der Waals surface area (Å²) in [6.45, 7) is 4.80. The zero-order valence-corrected chi connectivity index (χ0v) is 19.3. The van der Waals surface area contributed by atoms with E-state index in [0.717, 1.165) is 55.9 Å². The predicted octanol–water partition coefficient (Wildman–Crippen LogP) is 4.49. The van der Waals surface area contributed by atoms with Crippen molar-refractivity contribution < 1.29 is 9.59 Å². The molecule has 1 aromatic rings. The van der Waals surface area contributed by atoms with Gasteiger partial charge in [-0.25, -0.2) is 0 Å². The molecule has 172 valence electrons. The van der Waals surface area contributed by atoms with E-state index >= 15 is 0 Å². The summed E-state index contributed by atoms with van der Waals surface area (Å²) >= 11 is 0. The number of rotatable bonds is 6. The first-order valence-corrected chi connectivity index (χ1v) is 12.5. The smallest absolute Gasteiger partial charge is 0.248 e. The van der Waals surface area contributed by atoms with Gasteiger partial charge in [0.1, 0.15) is 0 Å². The molecule has 2 amide bonds.